The Morgan fingerprint density at radius 1 is 1.25 bits per heavy atom. The Hall–Kier alpha value is -3.27. The van der Waals surface area contributed by atoms with Gasteiger partial charge in [0.25, 0.3) is 0 Å². The van der Waals surface area contributed by atoms with Gasteiger partial charge in [-0.3, -0.25) is 0 Å². The highest BCUT2D eigenvalue weighted by molar-refractivity contribution is 6.30. The Kier molecular flexibility index (Phi) is 6.50. The van der Waals surface area contributed by atoms with Crippen molar-refractivity contribution < 1.29 is 14.3 Å². The average molecular weight is 450 g/mol. The number of rotatable bonds is 8. The van der Waals surface area contributed by atoms with Crippen LogP contribution in [0.2, 0.25) is 5.15 Å². The van der Waals surface area contributed by atoms with Gasteiger partial charge in [-0.2, -0.15) is 5.26 Å². The van der Waals surface area contributed by atoms with Gasteiger partial charge >= 0.3 is 0 Å². The zero-order chi connectivity index (χ0) is 22.7. The largest absolute Gasteiger partial charge is 0.492 e. The van der Waals surface area contributed by atoms with Crippen molar-refractivity contribution >= 4 is 22.6 Å². The van der Waals surface area contributed by atoms with Gasteiger partial charge in [0.05, 0.1) is 36.4 Å². The molecular formula is C25H24ClN3O3. The topological polar surface area (TPSA) is 84.2 Å². The van der Waals surface area contributed by atoms with E-state index in [1.54, 1.807) is 13.2 Å². The van der Waals surface area contributed by atoms with Gasteiger partial charge in [-0.15, -0.1) is 0 Å². The summed E-state index contributed by atoms with van der Waals surface area (Å²) in [4.78, 5) is 4.47. The zero-order valence-corrected chi connectivity index (χ0v) is 18.8. The summed E-state index contributed by atoms with van der Waals surface area (Å²) < 4.78 is 13.8. The van der Waals surface area contributed by atoms with Gasteiger partial charge in [0, 0.05) is 18.5 Å². The average Bonchev–Trinajstić information content (AvgIpc) is 3.33. The summed E-state index contributed by atoms with van der Waals surface area (Å²) in [5.74, 6) is 1.98. The minimum atomic E-state index is -0.176. The Bertz CT molecular complexity index is 1300. The highest BCUT2D eigenvalue weighted by Crippen LogP contribution is 2.41. The van der Waals surface area contributed by atoms with Crippen molar-refractivity contribution in [3.63, 3.8) is 0 Å². The summed E-state index contributed by atoms with van der Waals surface area (Å²) in [5.41, 5.74) is 3.49. The molecule has 2 heterocycles. The van der Waals surface area contributed by atoms with Gasteiger partial charge in [-0.25, -0.2) is 4.98 Å². The number of aliphatic hydroxyl groups excluding tert-OH is 1. The molecule has 0 saturated heterocycles. The van der Waals surface area contributed by atoms with Crippen LogP contribution in [0.15, 0.2) is 46.9 Å². The van der Waals surface area contributed by atoms with E-state index in [-0.39, 0.29) is 6.61 Å². The molecule has 0 saturated carbocycles. The number of unbranched alkanes of at least 4 members (excludes halogenated alkanes) is 1. The van der Waals surface area contributed by atoms with Crippen molar-refractivity contribution in [2.24, 2.45) is 0 Å². The number of benzene rings is 2. The zero-order valence-electron chi connectivity index (χ0n) is 18.1. The molecule has 0 radical (unpaired) electrons. The molecule has 7 heteroatoms. The lowest BCUT2D eigenvalue weighted by atomic mass is 10.0. The standard InChI is InChI=1S/C25H24ClN3O3/c1-3-4-9-22-28-25(26)20(15-30)29(22)14-16-10-11-21-19(12-16)23(31-2)24(32-21)18-8-6-5-7-17(18)13-27/h5-8,10-12,30H,3-4,9,14-15H2,1-2H3. The Labute approximate surface area is 191 Å². The Morgan fingerprint density at radius 3 is 2.78 bits per heavy atom. The van der Waals surface area contributed by atoms with Gasteiger partial charge in [0.1, 0.15) is 11.4 Å². The van der Waals surface area contributed by atoms with Crippen molar-refractivity contribution in [3.8, 4) is 23.1 Å². The number of imidazole rings is 1. The third-order valence-electron chi connectivity index (χ3n) is 5.55. The molecule has 0 fully saturated rings. The fourth-order valence-corrected chi connectivity index (χ4v) is 4.19. The lowest BCUT2D eigenvalue weighted by molar-refractivity contribution is 0.271. The van der Waals surface area contributed by atoms with Gasteiger partial charge < -0.3 is 18.8 Å². The highest BCUT2D eigenvalue weighted by atomic mass is 35.5. The van der Waals surface area contributed by atoms with Crippen molar-refractivity contribution in [1.82, 2.24) is 9.55 Å². The molecule has 2 aromatic carbocycles. The first-order valence-corrected chi connectivity index (χ1v) is 10.9. The molecule has 0 atom stereocenters. The summed E-state index contributed by atoms with van der Waals surface area (Å²) in [6, 6.07) is 15.4. The summed E-state index contributed by atoms with van der Waals surface area (Å²) in [7, 11) is 1.60. The number of aromatic nitrogens is 2. The molecule has 32 heavy (non-hydrogen) atoms. The van der Waals surface area contributed by atoms with E-state index in [0.717, 1.165) is 36.0 Å². The number of nitrogens with zero attached hydrogens (tertiary/aromatic N) is 3. The van der Waals surface area contributed by atoms with Crippen LogP contribution in [0.3, 0.4) is 0 Å². The maximum absolute atomic E-state index is 9.84. The smallest absolute Gasteiger partial charge is 0.178 e. The summed E-state index contributed by atoms with van der Waals surface area (Å²) >= 11 is 6.28. The lowest BCUT2D eigenvalue weighted by Gasteiger charge is -2.11. The minimum Gasteiger partial charge on any atom is -0.492 e. The number of furan rings is 1. The van der Waals surface area contributed by atoms with Gasteiger partial charge in [-0.05, 0) is 36.2 Å². The number of aliphatic hydroxyl groups is 1. The van der Waals surface area contributed by atoms with E-state index in [9.17, 15) is 10.4 Å². The second kappa shape index (κ2) is 9.47. The van der Waals surface area contributed by atoms with Gasteiger partial charge in [-0.1, -0.05) is 43.1 Å². The molecule has 2 aromatic heterocycles. The van der Waals surface area contributed by atoms with E-state index < -0.39 is 0 Å². The van der Waals surface area contributed by atoms with E-state index >= 15 is 0 Å². The normalized spacial score (nSPS) is 11.1. The highest BCUT2D eigenvalue weighted by Gasteiger charge is 2.20. The van der Waals surface area contributed by atoms with Crippen LogP contribution < -0.4 is 4.74 Å². The van der Waals surface area contributed by atoms with Crippen molar-refractivity contribution in [2.45, 2.75) is 39.3 Å². The van der Waals surface area contributed by atoms with Crippen LogP contribution in [0.25, 0.3) is 22.3 Å². The van der Waals surface area contributed by atoms with E-state index in [1.807, 2.05) is 41.0 Å². The first-order valence-electron chi connectivity index (χ1n) is 10.5. The first kappa shape index (κ1) is 21.9. The number of ether oxygens (including phenoxy) is 1. The van der Waals surface area contributed by atoms with Crippen LogP contribution in [0.5, 0.6) is 5.75 Å². The third kappa shape index (κ3) is 3.97. The molecule has 6 nitrogen and oxygen atoms in total. The molecule has 0 amide bonds. The van der Waals surface area contributed by atoms with Crippen LogP contribution in [-0.4, -0.2) is 21.8 Å². The first-order chi connectivity index (χ1) is 15.6. The molecule has 0 aliphatic heterocycles. The predicted octanol–water partition coefficient (Wildman–Crippen LogP) is 5.71. The summed E-state index contributed by atoms with van der Waals surface area (Å²) in [6.45, 7) is 2.47. The number of methoxy groups -OCH3 is 1. The number of aryl methyl sites for hydroxylation is 1. The van der Waals surface area contributed by atoms with E-state index in [1.165, 1.54) is 0 Å². The van der Waals surface area contributed by atoms with Crippen LogP contribution >= 0.6 is 11.6 Å². The second-order valence-electron chi connectivity index (χ2n) is 7.57. The van der Waals surface area contributed by atoms with Crippen LogP contribution in [-0.2, 0) is 19.6 Å². The molecule has 4 rings (SSSR count). The summed E-state index contributed by atoms with van der Waals surface area (Å²) in [6.07, 6.45) is 2.83. The summed E-state index contributed by atoms with van der Waals surface area (Å²) in [5, 5.41) is 20.5. The predicted molar refractivity (Wildman–Crippen MR) is 124 cm³/mol. The third-order valence-corrected chi connectivity index (χ3v) is 5.85. The maximum atomic E-state index is 9.84. The molecular weight excluding hydrogens is 426 g/mol. The van der Waals surface area contributed by atoms with Crippen LogP contribution in [0.1, 0.15) is 42.4 Å². The fourth-order valence-electron chi connectivity index (χ4n) is 3.93. The van der Waals surface area contributed by atoms with Gasteiger partial charge in [0.15, 0.2) is 16.7 Å². The van der Waals surface area contributed by atoms with Gasteiger partial charge in [0.2, 0.25) is 0 Å². The van der Waals surface area contributed by atoms with Crippen molar-refractivity contribution in [3.05, 3.63) is 70.3 Å². The molecule has 1 N–H and O–H groups in total. The fraction of sp³-hybridized carbons (Fsp3) is 0.280. The Balaban J connectivity index is 1.78. The van der Waals surface area contributed by atoms with Crippen molar-refractivity contribution in [1.29, 1.82) is 5.26 Å². The number of hydrogen-bond donors (Lipinski definition) is 1. The van der Waals surface area contributed by atoms with E-state index in [2.05, 4.69) is 18.0 Å². The monoisotopic (exact) mass is 449 g/mol. The molecule has 0 spiro atoms. The number of hydrogen-bond acceptors (Lipinski definition) is 5. The van der Waals surface area contributed by atoms with Crippen LogP contribution in [0.4, 0.5) is 0 Å². The molecule has 0 aliphatic carbocycles. The minimum absolute atomic E-state index is 0.176. The lowest BCUT2D eigenvalue weighted by Crippen LogP contribution is -2.09. The van der Waals surface area contributed by atoms with Crippen molar-refractivity contribution in [2.75, 3.05) is 7.11 Å². The molecule has 164 valence electrons. The molecule has 0 aliphatic rings. The number of nitriles is 1. The SMILES string of the molecule is CCCCc1nc(Cl)c(CO)n1Cc1ccc2oc(-c3ccccc3C#N)c(OC)c2c1. The number of halogens is 1. The second-order valence-corrected chi connectivity index (χ2v) is 7.92. The molecule has 0 unspecified atom stereocenters. The van der Waals surface area contributed by atoms with Crippen LogP contribution in [0, 0.1) is 11.3 Å². The molecule has 4 aromatic rings. The van der Waals surface area contributed by atoms with E-state index in [4.69, 9.17) is 20.8 Å². The Morgan fingerprint density at radius 2 is 2.06 bits per heavy atom. The molecule has 0 bridgehead atoms. The van der Waals surface area contributed by atoms with E-state index in [0.29, 0.717) is 45.6 Å². The quantitative estimate of drug-likeness (QED) is 0.372. The number of fused-ring (bicyclic) bond motifs is 1. The maximum Gasteiger partial charge on any atom is 0.178 e.